The van der Waals surface area contributed by atoms with E-state index in [1.54, 1.807) is 13.0 Å². The Balaban J connectivity index is 1.72. The highest BCUT2D eigenvalue weighted by Gasteiger charge is 2.37. The third-order valence-corrected chi connectivity index (χ3v) is 10.1. The van der Waals surface area contributed by atoms with Crippen molar-refractivity contribution in [3.05, 3.63) is 95.0 Å². The Morgan fingerprint density at radius 3 is 2.18 bits per heavy atom. The fourth-order valence-electron chi connectivity index (χ4n) is 5.57. The molecule has 0 aromatic heterocycles. The second-order valence-electron chi connectivity index (χ2n) is 11.1. The van der Waals surface area contributed by atoms with Gasteiger partial charge in [-0.15, -0.1) is 0 Å². The molecular weight excluding hydrogens is 627 g/mol. The number of halogens is 4. The zero-order valence-electron chi connectivity index (χ0n) is 25.0. The van der Waals surface area contributed by atoms with Crippen molar-refractivity contribution in [1.82, 2.24) is 10.2 Å². The van der Waals surface area contributed by atoms with E-state index in [-0.39, 0.29) is 35.5 Å². The van der Waals surface area contributed by atoms with Gasteiger partial charge in [0.15, 0.2) is 0 Å². The number of amides is 2. The van der Waals surface area contributed by atoms with Crippen LogP contribution in [0.5, 0.6) is 0 Å². The van der Waals surface area contributed by atoms with E-state index in [4.69, 9.17) is 11.6 Å². The molecular formula is C33H37ClF3N3O4S. The lowest BCUT2D eigenvalue weighted by molar-refractivity contribution is -0.140. The molecule has 2 amide bonds. The number of hydrogen-bond acceptors (Lipinski definition) is 4. The fourth-order valence-corrected chi connectivity index (χ4v) is 7.23. The standard InChI is InChI=1S/C33H37ClF3N3O4S/c1-2-30(32(42)38-25-14-8-4-9-15-25)39(21-20-24-12-6-3-7-13-24)31(41)23-40(45(43,44)27-16-10-5-11-17-27)26-18-19-29(34)28(22-26)33(35,36)37/h3,5-7,10-13,16-19,22,25,30H,2,4,8-9,14-15,20-21,23H2,1H3,(H,38,42)/t30-/m1/s1. The molecule has 3 aromatic carbocycles. The molecule has 0 saturated heterocycles. The highest BCUT2D eigenvalue weighted by atomic mass is 35.5. The van der Waals surface area contributed by atoms with Crippen LogP contribution in [0.15, 0.2) is 83.8 Å². The number of hydrogen-bond donors (Lipinski definition) is 1. The molecule has 0 radical (unpaired) electrons. The fraction of sp³-hybridized carbons (Fsp3) is 0.394. The number of rotatable bonds is 12. The van der Waals surface area contributed by atoms with E-state index in [0.717, 1.165) is 49.8 Å². The number of alkyl halides is 3. The lowest BCUT2D eigenvalue weighted by Crippen LogP contribution is -2.54. The van der Waals surface area contributed by atoms with E-state index in [0.29, 0.717) is 16.8 Å². The van der Waals surface area contributed by atoms with Crippen LogP contribution in [0.25, 0.3) is 0 Å². The summed E-state index contributed by atoms with van der Waals surface area (Å²) in [6, 6.07) is 18.2. The number of anilines is 1. The molecule has 1 saturated carbocycles. The molecule has 0 aliphatic heterocycles. The highest BCUT2D eigenvalue weighted by molar-refractivity contribution is 7.92. The molecule has 0 bridgehead atoms. The van der Waals surface area contributed by atoms with Crippen LogP contribution in [0, 0.1) is 0 Å². The predicted octanol–water partition coefficient (Wildman–Crippen LogP) is 6.85. The van der Waals surface area contributed by atoms with Crippen molar-refractivity contribution in [2.75, 3.05) is 17.4 Å². The van der Waals surface area contributed by atoms with Crippen molar-refractivity contribution in [1.29, 1.82) is 0 Å². The SMILES string of the molecule is CC[C@H](C(=O)NC1CCCCC1)N(CCc1ccccc1)C(=O)CN(c1ccc(Cl)c(C(F)(F)F)c1)S(=O)(=O)c1ccccc1. The van der Waals surface area contributed by atoms with Gasteiger partial charge in [-0.3, -0.25) is 13.9 Å². The van der Waals surface area contributed by atoms with Gasteiger partial charge in [-0.1, -0.05) is 86.3 Å². The van der Waals surface area contributed by atoms with E-state index in [9.17, 15) is 31.2 Å². The van der Waals surface area contributed by atoms with Gasteiger partial charge in [-0.2, -0.15) is 13.2 Å². The zero-order valence-corrected chi connectivity index (χ0v) is 26.5. The third-order valence-electron chi connectivity index (χ3n) is 7.98. The van der Waals surface area contributed by atoms with Crippen LogP contribution in [-0.2, 0) is 32.2 Å². The summed E-state index contributed by atoms with van der Waals surface area (Å²) in [6.07, 6.45) is 0.511. The molecule has 3 aromatic rings. The minimum Gasteiger partial charge on any atom is -0.352 e. The van der Waals surface area contributed by atoms with Crippen LogP contribution >= 0.6 is 11.6 Å². The lowest BCUT2D eigenvalue weighted by Gasteiger charge is -2.34. The Morgan fingerprint density at radius 2 is 1.58 bits per heavy atom. The lowest BCUT2D eigenvalue weighted by atomic mass is 9.95. The van der Waals surface area contributed by atoms with Crippen molar-refractivity contribution < 1.29 is 31.2 Å². The molecule has 1 fully saturated rings. The smallest absolute Gasteiger partial charge is 0.352 e. The predicted molar refractivity (Wildman–Crippen MR) is 168 cm³/mol. The minimum absolute atomic E-state index is 0.0174. The minimum atomic E-state index is -4.87. The first-order valence-corrected chi connectivity index (χ1v) is 16.8. The van der Waals surface area contributed by atoms with E-state index in [1.807, 2.05) is 30.3 Å². The first-order chi connectivity index (χ1) is 21.4. The summed E-state index contributed by atoms with van der Waals surface area (Å²) in [7, 11) is -4.53. The van der Waals surface area contributed by atoms with Crippen LogP contribution in [0.2, 0.25) is 5.02 Å². The van der Waals surface area contributed by atoms with Crippen molar-refractivity contribution in [2.45, 2.75) is 75.0 Å². The molecule has 0 heterocycles. The van der Waals surface area contributed by atoms with Crippen LogP contribution in [0.3, 0.4) is 0 Å². The summed E-state index contributed by atoms with van der Waals surface area (Å²) in [5.41, 5.74) is -0.715. The van der Waals surface area contributed by atoms with Crippen molar-refractivity contribution in [2.24, 2.45) is 0 Å². The number of carbonyl (C=O) groups excluding carboxylic acids is 2. The van der Waals surface area contributed by atoms with Gasteiger partial charge < -0.3 is 10.2 Å². The summed E-state index contributed by atoms with van der Waals surface area (Å²) < 4.78 is 70.0. The molecule has 0 unspecified atom stereocenters. The average molecular weight is 664 g/mol. The summed E-state index contributed by atoms with van der Waals surface area (Å²) in [5.74, 6) is -1.06. The molecule has 0 spiro atoms. The molecule has 45 heavy (non-hydrogen) atoms. The summed E-state index contributed by atoms with van der Waals surface area (Å²) >= 11 is 5.84. The average Bonchev–Trinajstić information content (AvgIpc) is 3.03. The largest absolute Gasteiger partial charge is 0.417 e. The van der Waals surface area contributed by atoms with Crippen molar-refractivity contribution >= 4 is 39.1 Å². The molecule has 7 nitrogen and oxygen atoms in total. The molecule has 12 heteroatoms. The molecule has 1 aliphatic carbocycles. The molecule has 1 atom stereocenters. The van der Waals surface area contributed by atoms with E-state index < -0.39 is 45.3 Å². The van der Waals surface area contributed by atoms with Gasteiger partial charge in [0.2, 0.25) is 11.8 Å². The number of nitrogens with zero attached hydrogens (tertiary/aromatic N) is 2. The van der Waals surface area contributed by atoms with E-state index in [1.165, 1.54) is 29.2 Å². The Hall–Kier alpha value is -3.57. The second-order valence-corrected chi connectivity index (χ2v) is 13.3. The Morgan fingerprint density at radius 1 is 0.956 bits per heavy atom. The maximum Gasteiger partial charge on any atom is 0.417 e. The van der Waals surface area contributed by atoms with Gasteiger partial charge in [0, 0.05) is 12.6 Å². The first kappa shape index (κ1) is 34.3. The van der Waals surface area contributed by atoms with Crippen LogP contribution in [0.4, 0.5) is 18.9 Å². The summed E-state index contributed by atoms with van der Waals surface area (Å²) in [4.78, 5) is 28.9. The molecule has 4 rings (SSSR count). The normalized spacial score (nSPS) is 14.9. The zero-order chi connectivity index (χ0) is 32.6. The number of sulfonamides is 1. The van der Waals surface area contributed by atoms with Crippen molar-refractivity contribution in [3.8, 4) is 0 Å². The second kappa shape index (κ2) is 15.1. The van der Waals surface area contributed by atoms with Gasteiger partial charge in [-0.05, 0) is 61.6 Å². The summed E-state index contributed by atoms with van der Waals surface area (Å²) in [6.45, 7) is 1.02. The number of carbonyl (C=O) groups is 2. The van der Waals surface area contributed by atoms with Crippen LogP contribution < -0.4 is 9.62 Å². The quantitative estimate of drug-likeness (QED) is 0.230. The topological polar surface area (TPSA) is 86.8 Å². The Kier molecular flexibility index (Phi) is 11.5. The number of benzene rings is 3. The monoisotopic (exact) mass is 663 g/mol. The van der Waals surface area contributed by atoms with Gasteiger partial charge >= 0.3 is 6.18 Å². The third kappa shape index (κ3) is 8.79. The van der Waals surface area contributed by atoms with E-state index >= 15 is 0 Å². The van der Waals surface area contributed by atoms with Gasteiger partial charge in [0.05, 0.1) is 21.2 Å². The molecule has 242 valence electrons. The molecule has 1 N–H and O–H groups in total. The highest BCUT2D eigenvalue weighted by Crippen LogP contribution is 2.38. The molecule has 1 aliphatic rings. The Bertz CT molecular complexity index is 1550. The van der Waals surface area contributed by atoms with Crippen LogP contribution in [-0.4, -0.2) is 50.3 Å². The van der Waals surface area contributed by atoms with E-state index in [2.05, 4.69) is 5.32 Å². The maximum absolute atomic E-state index is 14.2. The van der Waals surface area contributed by atoms with Gasteiger partial charge in [0.25, 0.3) is 10.0 Å². The Labute approximate surface area is 267 Å². The van der Waals surface area contributed by atoms with Gasteiger partial charge in [-0.25, -0.2) is 8.42 Å². The van der Waals surface area contributed by atoms with Gasteiger partial charge in [0.1, 0.15) is 12.6 Å². The maximum atomic E-state index is 14.2. The first-order valence-electron chi connectivity index (χ1n) is 15.0. The number of nitrogens with one attached hydrogen (secondary N) is 1. The summed E-state index contributed by atoms with van der Waals surface area (Å²) in [5, 5.41) is 2.46. The van der Waals surface area contributed by atoms with Crippen LogP contribution in [0.1, 0.15) is 56.6 Å². The van der Waals surface area contributed by atoms with Crippen molar-refractivity contribution in [3.63, 3.8) is 0 Å².